The molecule has 7 heteroatoms. The fraction of sp³-hybridized carbons (Fsp3) is 0.556. The maximum absolute atomic E-state index is 11.3. The number of aromatic nitrogens is 1. The summed E-state index contributed by atoms with van der Waals surface area (Å²) in [4.78, 5) is 17.5. The average Bonchev–Trinajstić information content (AvgIpc) is 2.67. The van der Waals surface area contributed by atoms with Crippen LogP contribution in [0, 0.1) is 0 Å². The van der Waals surface area contributed by atoms with Gasteiger partial charge in [0, 0.05) is 13.1 Å². The van der Waals surface area contributed by atoms with Crippen molar-refractivity contribution in [1.29, 1.82) is 0 Å². The standard InChI is InChI=1S/C9H13ClN2O3S/c1-3-12(4-5-13)9-11-7(10)6(16-9)8(14)15-2/h13H,3-5H2,1-2H3. The third-order valence-electron chi connectivity index (χ3n) is 1.97. The molecule has 0 unspecified atom stereocenters. The first-order valence-electron chi connectivity index (χ1n) is 4.74. The van der Waals surface area contributed by atoms with Gasteiger partial charge in [0.15, 0.2) is 15.2 Å². The quantitative estimate of drug-likeness (QED) is 0.815. The molecule has 0 atom stereocenters. The number of rotatable bonds is 5. The lowest BCUT2D eigenvalue weighted by Crippen LogP contribution is -2.25. The Morgan fingerprint density at radius 3 is 2.88 bits per heavy atom. The predicted octanol–water partition coefficient (Wildman–Crippen LogP) is 1.40. The molecule has 0 aliphatic rings. The van der Waals surface area contributed by atoms with Gasteiger partial charge >= 0.3 is 5.97 Å². The van der Waals surface area contributed by atoms with E-state index in [2.05, 4.69) is 9.72 Å². The monoisotopic (exact) mass is 264 g/mol. The minimum absolute atomic E-state index is 0.0264. The number of halogens is 1. The summed E-state index contributed by atoms with van der Waals surface area (Å²) in [6, 6.07) is 0. The van der Waals surface area contributed by atoms with Crippen LogP contribution in [0.5, 0.6) is 0 Å². The molecular weight excluding hydrogens is 252 g/mol. The molecule has 1 aromatic heterocycles. The van der Waals surface area contributed by atoms with Crippen molar-refractivity contribution in [3.63, 3.8) is 0 Å². The summed E-state index contributed by atoms with van der Waals surface area (Å²) in [5.41, 5.74) is 0. The molecule has 1 aromatic rings. The Balaban J connectivity index is 2.94. The van der Waals surface area contributed by atoms with Crippen molar-refractivity contribution in [2.45, 2.75) is 6.92 Å². The molecule has 0 radical (unpaired) electrons. The van der Waals surface area contributed by atoms with Crippen LogP contribution in [0.15, 0.2) is 0 Å². The highest BCUT2D eigenvalue weighted by Crippen LogP contribution is 2.29. The molecule has 0 bridgehead atoms. The van der Waals surface area contributed by atoms with E-state index in [0.717, 1.165) is 11.3 Å². The van der Waals surface area contributed by atoms with Crippen LogP contribution < -0.4 is 4.90 Å². The normalized spacial score (nSPS) is 10.2. The van der Waals surface area contributed by atoms with E-state index in [1.165, 1.54) is 7.11 Å². The van der Waals surface area contributed by atoms with Gasteiger partial charge in [0.25, 0.3) is 0 Å². The van der Waals surface area contributed by atoms with Crippen molar-refractivity contribution >= 4 is 34.0 Å². The number of methoxy groups -OCH3 is 1. The molecule has 1 N–H and O–H groups in total. The molecule has 0 amide bonds. The fourth-order valence-electron chi connectivity index (χ4n) is 1.15. The Labute approximate surface area is 103 Å². The highest BCUT2D eigenvalue weighted by atomic mass is 35.5. The van der Waals surface area contributed by atoms with Crippen molar-refractivity contribution in [2.75, 3.05) is 31.7 Å². The van der Waals surface area contributed by atoms with Crippen molar-refractivity contribution in [3.05, 3.63) is 10.0 Å². The first-order chi connectivity index (χ1) is 7.63. The van der Waals surface area contributed by atoms with Gasteiger partial charge in [0.05, 0.1) is 13.7 Å². The molecule has 90 valence electrons. The van der Waals surface area contributed by atoms with Crippen LogP contribution in [0.25, 0.3) is 0 Å². The van der Waals surface area contributed by atoms with E-state index in [0.29, 0.717) is 18.2 Å². The summed E-state index contributed by atoms with van der Waals surface area (Å²) in [6.07, 6.45) is 0. The second-order valence-electron chi connectivity index (χ2n) is 2.91. The number of aliphatic hydroxyl groups is 1. The summed E-state index contributed by atoms with van der Waals surface area (Å²) in [7, 11) is 1.30. The Morgan fingerprint density at radius 2 is 2.38 bits per heavy atom. The van der Waals surface area contributed by atoms with Gasteiger partial charge in [-0.05, 0) is 6.92 Å². The number of aliphatic hydroxyl groups excluding tert-OH is 1. The number of esters is 1. The minimum Gasteiger partial charge on any atom is -0.465 e. The van der Waals surface area contributed by atoms with Crippen LogP contribution in [0.2, 0.25) is 5.15 Å². The molecule has 0 aliphatic carbocycles. The number of hydrogen-bond acceptors (Lipinski definition) is 6. The van der Waals surface area contributed by atoms with E-state index < -0.39 is 5.97 Å². The molecule has 1 rings (SSSR count). The van der Waals surface area contributed by atoms with Gasteiger partial charge in [-0.15, -0.1) is 0 Å². The van der Waals surface area contributed by atoms with Crippen LogP contribution in [0.1, 0.15) is 16.6 Å². The van der Waals surface area contributed by atoms with Crippen LogP contribution in [-0.2, 0) is 4.74 Å². The highest BCUT2D eigenvalue weighted by Gasteiger charge is 2.19. The Bertz CT molecular complexity index is 370. The van der Waals surface area contributed by atoms with Gasteiger partial charge in [-0.1, -0.05) is 22.9 Å². The number of carbonyl (C=O) groups excluding carboxylic acids is 1. The van der Waals surface area contributed by atoms with Crippen molar-refractivity contribution < 1.29 is 14.6 Å². The number of thiazole rings is 1. The second kappa shape index (κ2) is 6.03. The van der Waals surface area contributed by atoms with Gasteiger partial charge < -0.3 is 14.7 Å². The summed E-state index contributed by atoms with van der Waals surface area (Å²) in [5, 5.41) is 9.63. The topological polar surface area (TPSA) is 62.7 Å². The van der Waals surface area contributed by atoms with Gasteiger partial charge in [0.1, 0.15) is 0 Å². The van der Waals surface area contributed by atoms with Gasteiger partial charge in [0.2, 0.25) is 0 Å². The number of anilines is 1. The number of hydrogen-bond donors (Lipinski definition) is 1. The van der Waals surface area contributed by atoms with Crippen molar-refractivity contribution in [1.82, 2.24) is 4.98 Å². The molecule has 0 spiro atoms. The number of nitrogens with zero attached hydrogens (tertiary/aromatic N) is 2. The molecule has 0 saturated carbocycles. The van der Waals surface area contributed by atoms with E-state index in [1.54, 1.807) is 0 Å². The number of carbonyl (C=O) groups is 1. The van der Waals surface area contributed by atoms with Crippen LogP contribution in [-0.4, -0.2) is 42.9 Å². The zero-order chi connectivity index (χ0) is 12.1. The molecule has 0 aliphatic heterocycles. The summed E-state index contributed by atoms with van der Waals surface area (Å²) in [6.45, 7) is 3.10. The van der Waals surface area contributed by atoms with E-state index in [1.807, 2.05) is 11.8 Å². The zero-order valence-electron chi connectivity index (χ0n) is 9.07. The van der Waals surface area contributed by atoms with E-state index in [4.69, 9.17) is 16.7 Å². The highest BCUT2D eigenvalue weighted by molar-refractivity contribution is 7.18. The Hall–Kier alpha value is -0.850. The van der Waals surface area contributed by atoms with Crippen LogP contribution >= 0.6 is 22.9 Å². The Kier molecular flexibility index (Phi) is 4.98. The number of ether oxygens (including phenoxy) is 1. The zero-order valence-corrected chi connectivity index (χ0v) is 10.6. The van der Waals surface area contributed by atoms with Gasteiger partial charge in [-0.25, -0.2) is 9.78 Å². The fourth-order valence-corrected chi connectivity index (χ4v) is 2.44. The minimum atomic E-state index is -0.492. The summed E-state index contributed by atoms with van der Waals surface area (Å²) < 4.78 is 4.58. The third-order valence-corrected chi connectivity index (χ3v) is 3.45. The molecule has 0 saturated heterocycles. The lowest BCUT2D eigenvalue weighted by molar-refractivity contribution is 0.0606. The maximum Gasteiger partial charge on any atom is 0.351 e. The first-order valence-corrected chi connectivity index (χ1v) is 5.93. The van der Waals surface area contributed by atoms with E-state index in [-0.39, 0.29) is 16.6 Å². The molecule has 5 nitrogen and oxygen atoms in total. The van der Waals surface area contributed by atoms with Gasteiger partial charge in [-0.3, -0.25) is 0 Å². The smallest absolute Gasteiger partial charge is 0.351 e. The van der Waals surface area contributed by atoms with Gasteiger partial charge in [-0.2, -0.15) is 0 Å². The lowest BCUT2D eigenvalue weighted by atomic mass is 10.5. The number of likely N-dealkylation sites (N-methyl/N-ethyl adjacent to an activating group) is 1. The molecule has 0 fully saturated rings. The SMILES string of the molecule is CCN(CCO)c1nc(Cl)c(C(=O)OC)s1. The molecule has 0 aromatic carbocycles. The first kappa shape index (κ1) is 13.2. The molecule has 1 heterocycles. The Morgan fingerprint density at radius 1 is 1.69 bits per heavy atom. The molecular formula is C9H13ClN2O3S. The summed E-state index contributed by atoms with van der Waals surface area (Å²) >= 11 is 6.99. The average molecular weight is 265 g/mol. The van der Waals surface area contributed by atoms with Crippen molar-refractivity contribution in [2.24, 2.45) is 0 Å². The van der Waals surface area contributed by atoms with Crippen molar-refractivity contribution in [3.8, 4) is 0 Å². The maximum atomic E-state index is 11.3. The van der Waals surface area contributed by atoms with Crippen LogP contribution in [0.3, 0.4) is 0 Å². The largest absolute Gasteiger partial charge is 0.465 e. The van der Waals surface area contributed by atoms with E-state index >= 15 is 0 Å². The predicted molar refractivity (Wildman–Crippen MR) is 63.4 cm³/mol. The lowest BCUT2D eigenvalue weighted by Gasteiger charge is -2.17. The summed E-state index contributed by atoms with van der Waals surface area (Å²) in [5.74, 6) is -0.492. The van der Waals surface area contributed by atoms with E-state index in [9.17, 15) is 4.79 Å². The third kappa shape index (κ3) is 2.84. The molecule has 16 heavy (non-hydrogen) atoms. The second-order valence-corrected chi connectivity index (χ2v) is 4.25. The van der Waals surface area contributed by atoms with Crippen LogP contribution in [0.4, 0.5) is 5.13 Å².